The van der Waals surface area contributed by atoms with Crippen LogP contribution in [0.1, 0.15) is 30.0 Å². The third-order valence-electron chi connectivity index (χ3n) is 3.83. The van der Waals surface area contributed by atoms with Crippen LogP contribution in [0, 0.1) is 6.92 Å². The van der Waals surface area contributed by atoms with E-state index in [2.05, 4.69) is 15.7 Å². The smallest absolute Gasteiger partial charge is 0.363 e. The summed E-state index contributed by atoms with van der Waals surface area (Å²) in [5.41, 5.74) is 0.000712. The van der Waals surface area contributed by atoms with Crippen LogP contribution in [0.5, 0.6) is 0 Å². The van der Waals surface area contributed by atoms with Crippen LogP contribution < -0.4 is 16.1 Å². The predicted octanol–water partition coefficient (Wildman–Crippen LogP) is 0.992. The summed E-state index contributed by atoms with van der Waals surface area (Å²) in [4.78, 5) is 47.9. The van der Waals surface area contributed by atoms with Crippen molar-refractivity contribution >= 4 is 29.4 Å². The SMILES string of the molecule is CCNC(=O)[C@@H](C)NC(=O)COC(=O)c1nn(-c2ccc(Cl)cc2)c(C)cc1=O. The number of carbonyl (C=O) groups excluding carboxylic acids is 3. The van der Waals surface area contributed by atoms with Crippen LogP contribution in [-0.4, -0.2) is 46.8 Å². The van der Waals surface area contributed by atoms with Crippen LogP contribution in [0.3, 0.4) is 0 Å². The van der Waals surface area contributed by atoms with E-state index in [9.17, 15) is 19.2 Å². The first-order chi connectivity index (χ1) is 13.7. The van der Waals surface area contributed by atoms with Crippen molar-refractivity contribution in [3.63, 3.8) is 0 Å². The van der Waals surface area contributed by atoms with Crippen molar-refractivity contribution in [2.45, 2.75) is 26.8 Å². The van der Waals surface area contributed by atoms with Gasteiger partial charge >= 0.3 is 5.97 Å². The van der Waals surface area contributed by atoms with Gasteiger partial charge in [0, 0.05) is 23.3 Å². The molecule has 0 fully saturated rings. The topological polar surface area (TPSA) is 119 Å². The third-order valence-corrected chi connectivity index (χ3v) is 4.08. The number of aryl methyl sites for hydroxylation is 1. The number of ether oxygens (including phenoxy) is 1. The minimum atomic E-state index is -1.04. The van der Waals surface area contributed by atoms with Gasteiger partial charge in [-0.15, -0.1) is 0 Å². The molecule has 0 saturated heterocycles. The number of hydrogen-bond acceptors (Lipinski definition) is 6. The van der Waals surface area contributed by atoms with E-state index in [4.69, 9.17) is 16.3 Å². The molecule has 1 atom stereocenters. The molecule has 1 aromatic heterocycles. The first kappa shape index (κ1) is 22.1. The Kier molecular flexibility index (Phi) is 7.49. The first-order valence-corrected chi connectivity index (χ1v) is 9.21. The molecule has 2 aromatic rings. The summed E-state index contributed by atoms with van der Waals surface area (Å²) >= 11 is 5.87. The number of aromatic nitrogens is 2. The molecule has 0 unspecified atom stereocenters. The van der Waals surface area contributed by atoms with Crippen LogP contribution in [0.15, 0.2) is 35.1 Å². The number of nitrogens with one attached hydrogen (secondary N) is 2. The van der Waals surface area contributed by atoms with Crippen LogP contribution in [0.25, 0.3) is 5.69 Å². The van der Waals surface area contributed by atoms with Crippen LogP contribution in [-0.2, 0) is 14.3 Å². The molecule has 0 radical (unpaired) electrons. The van der Waals surface area contributed by atoms with Crippen molar-refractivity contribution < 1.29 is 19.1 Å². The number of nitrogens with zero attached hydrogens (tertiary/aromatic N) is 2. The van der Waals surface area contributed by atoms with Gasteiger partial charge in [-0.3, -0.25) is 14.4 Å². The van der Waals surface area contributed by atoms with Gasteiger partial charge in [0.05, 0.1) is 5.69 Å². The Morgan fingerprint density at radius 1 is 1.24 bits per heavy atom. The van der Waals surface area contributed by atoms with Crippen molar-refractivity contribution in [2.75, 3.05) is 13.2 Å². The number of benzene rings is 1. The van der Waals surface area contributed by atoms with Gasteiger partial charge in [-0.2, -0.15) is 5.10 Å². The highest BCUT2D eigenvalue weighted by atomic mass is 35.5. The Morgan fingerprint density at radius 3 is 2.52 bits per heavy atom. The van der Waals surface area contributed by atoms with Gasteiger partial charge in [-0.25, -0.2) is 9.48 Å². The second-order valence-electron chi connectivity index (χ2n) is 6.15. The largest absolute Gasteiger partial charge is 0.451 e. The van der Waals surface area contributed by atoms with E-state index in [1.54, 1.807) is 38.1 Å². The molecular formula is C19H21ClN4O5. The Labute approximate surface area is 172 Å². The van der Waals surface area contributed by atoms with Gasteiger partial charge in [0.1, 0.15) is 6.04 Å². The fourth-order valence-electron chi connectivity index (χ4n) is 2.41. The lowest BCUT2D eigenvalue weighted by Crippen LogP contribution is -2.46. The van der Waals surface area contributed by atoms with Gasteiger partial charge in [0.2, 0.25) is 17.0 Å². The summed E-state index contributed by atoms with van der Waals surface area (Å²) in [5, 5.41) is 9.53. The first-order valence-electron chi connectivity index (χ1n) is 8.84. The molecule has 9 nitrogen and oxygen atoms in total. The Morgan fingerprint density at radius 2 is 1.90 bits per heavy atom. The van der Waals surface area contributed by atoms with Crippen LogP contribution in [0.2, 0.25) is 5.02 Å². The summed E-state index contributed by atoms with van der Waals surface area (Å²) in [5.74, 6) is -2.08. The maximum absolute atomic E-state index is 12.3. The second kappa shape index (κ2) is 9.83. The molecule has 10 heteroatoms. The van der Waals surface area contributed by atoms with Crippen molar-refractivity contribution in [1.82, 2.24) is 20.4 Å². The number of halogens is 1. The minimum Gasteiger partial charge on any atom is -0.451 e. The van der Waals surface area contributed by atoms with Gasteiger partial charge < -0.3 is 15.4 Å². The number of hydrogen-bond donors (Lipinski definition) is 2. The molecular weight excluding hydrogens is 400 g/mol. The fraction of sp³-hybridized carbons (Fsp3) is 0.316. The molecule has 1 aromatic carbocycles. The molecule has 1 heterocycles. The molecule has 154 valence electrons. The molecule has 0 saturated carbocycles. The highest BCUT2D eigenvalue weighted by molar-refractivity contribution is 6.30. The van der Waals surface area contributed by atoms with E-state index >= 15 is 0 Å². The number of likely N-dealkylation sites (N-methyl/N-ethyl adjacent to an activating group) is 1. The van der Waals surface area contributed by atoms with Crippen LogP contribution >= 0.6 is 11.6 Å². The van der Waals surface area contributed by atoms with E-state index in [1.807, 2.05) is 0 Å². The van der Waals surface area contributed by atoms with E-state index in [0.717, 1.165) is 0 Å². The fourth-order valence-corrected chi connectivity index (χ4v) is 2.53. The zero-order valence-corrected chi connectivity index (χ0v) is 16.9. The van der Waals surface area contributed by atoms with E-state index < -0.39 is 35.6 Å². The maximum atomic E-state index is 12.3. The van der Waals surface area contributed by atoms with Gasteiger partial charge in [-0.05, 0) is 45.0 Å². The molecule has 0 aliphatic carbocycles. The maximum Gasteiger partial charge on any atom is 0.363 e. The average molecular weight is 421 g/mol. The number of rotatable bonds is 7. The summed E-state index contributed by atoms with van der Waals surface area (Å²) in [7, 11) is 0. The summed E-state index contributed by atoms with van der Waals surface area (Å²) in [6.45, 7) is 4.68. The average Bonchev–Trinajstić information content (AvgIpc) is 2.67. The highest BCUT2D eigenvalue weighted by Crippen LogP contribution is 2.13. The van der Waals surface area contributed by atoms with Gasteiger partial charge in [0.15, 0.2) is 6.61 Å². The quantitative estimate of drug-likeness (QED) is 0.645. The van der Waals surface area contributed by atoms with Crippen molar-refractivity contribution in [3.8, 4) is 5.69 Å². The van der Waals surface area contributed by atoms with Crippen molar-refractivity contribution in [2.24, 2.45) is 0 Å². The number of esters is 1. The summed E-state index contributed by atoms with van der Waals surface area (Å²) < 4.78 is 6.28. The van der Waals surface area contributed by atoms with E-state index in [1.165, 1.54) is 17.7 Å². The standard InChI is InChI=1S/C19H21ClN4O5/c1-4-21-18(27)12(3)22-16(26)10-29-19(28)17-15(25)9-11(2)24(23-17)14-7-5-13(20)6-8-14/h5-9,12H,4,10H2,1-3H3,(H,21,27)(H,22,26)/t12-/m1/s1. The zero-order chi connectivity index (χ0) is 21.6. The third kappa shape index (κ3) is 5.89. The molecule has 2 amide bonds. The van der Waals surface area contributed by atoms with E-state index in [-0.39, 0.29) is 5.91 Å². The molecule has 0 aliphatic heterocycles. The lowest BCUT2D eigenvalue weighted by atomic mass is 10.3. The van der Waals surface area contributed by atoms with E-state index in [0.29, 0.717) is 22.9 Å². The zero-order valence-electron chi connectivity index (χ0n) is 16.2. The summed E-state index contributed by atoms with van der Waals surface area (Å²) in [6.07, 6.45) is 0. The molecule has 2 rings (SSSR count). The van der Waals surface area contributed by atoms with Gasteiger partial charge in [0.25, 0.3) is 5.91 Å². The molecule has 0 spiro atoms. The Hall–Kier alpha value is -3.20. The summed E-state index contributed by atoms with van der Waals surface area (Å²) in [6, 6.07) is 7.11. The molecule has 0 bridgehead atoms. The second-order valence-corrected chi connectivity index (χ2v) is 6.58. The Balaban J connectivity index is 2.10. The Bertz CT molecular complexity index is 972. The minimum absolute atomic E-state index is 0.363. The number of carbonyl (C=O) groups is 3. The van der Waals surface area contributed by atoms with Gasteiger partial charge in [-0.1, -0.05) is 11.6 Å². The van der Waals surface area contributed by atoms with Crippen molar-refractivity contribution in [3.05, 3.63) is 57.0 Å². The monoisotopic (exact) mass is 420 g/mol. The lowest BCUT2D eigenvalue weighted by Gasteiger charge is -2.13. The normalized spacial score (nSPS) is 11.4. The lowest BCUT2D eigenvalue weighted by molar-refractivity contribution is -0.130. The highest BCUT2D eigenvalue weighted by Gasteiger charge is 2.20. The number of amides is 2. The molecule has 0 aliphatic rings. The van der Waals surface area contributed by atoms with Crippen LogP contribution in [0.4, 0.5) is 0 Å². The molecule has 2 N–H and O–H groups in total. The predicted molar refractivity (Wildman–Crippen MR) is 106 cm³/mol. The molecule has 29 heavy (non-hydrogen) atoms. The van der Waals surface area contributed by atoms with Crippen molar-refractivity contribution in [1.29, 1.82) is 0 Å².